The molecule has 0 amide bonds. The number of hydrogen-bond donors (Lipinski definition) is 0. The van der Waals surface area contributed by atoms with Gasteiger partial charge in [0.1, 0.15) is 6.29 Å². The molecule has 13 heavy (non-hydrogen) atoms. The third-order valence-corrected chi connectivity index (χ3v) is 1.79. The van der Waals surface area contributed by atoms with Gasteiger partial charge in [-0.2, -0.15) is 0 Å². The standard InChI is InChI=1S/C9H21N.C2H4O/c1-7(2)10(8(3)4)9(5)6;1-2-3/h7-9H,1-6H3;2H,1H3. The van der Waals surface area contributed by atoms with E-state index < -0.39 is 0 Å². The summed E-state index contributed by atoms with van der Waals surface area (Å²) >= 11 is 0. The van der Waals surface area contributed by atoms with Crippen LogP contribution in [0, 0.1) is 0 Å². The van der Waals surface area contributed by atoms with Gasteiger partial charge >= 0.3 is 0 Å². The highest BCUT2D eigenvalue weighted by molar-refractivity contribution is 5.44. The van der Waals surface area contributed by atoms with Crippen LogP contribution in [0.2, 0.25) is 0 Å². The number of hydrogen-bond acceptors (Lipinski definition) is 2. The molecule has 0 aromatic rings. The van der Waals surface area contributed by atoms with Gasteiger partial charge in [-0.25, -0.2) is 0 Å². The highest BCUT2D eigenvalue weighted by atomic mass is 16.1. The molecule has 0 aromatic heterocycles. The van der Waals surface area contributed by atoms with Gasteiger partial charge < -0.3 is 4.79 Å². The first-order valence-electron chi connectivity index (χ1n) is 5.05. The van der Waals surface area contributed by atoms with Crippen molar-refractivity contribution in [3.05, 3.63) is 0 Å². The molecule has 0 aliphatic rings. The topological polar surface area (TPSA) is 20.3 Å². The van der Waals surface area contributed by atoms with Gasteiger partial charge in [0.25, 0.3) is 0 Å². The Labute approximate surface area is 83.3 Å². The normalized spacial score (nSPS) is 10.7. The van der Waals surface area contributed by atoms with Crippen LogP contribution in [0.15, 0.2) is 0 Å². The molecule has 2 nitrogen and oxygen atoms in total. The molecule has 0 N–H and O–H groups in total. The number of carbonyl (C=O) groups is 1. The summed E-state index contributed by atoms with van der Waals surface area (Å²) in [7, 11) is 0. The lowest BCUT2D eigenvalue weighted by atomic mass is 10.2. The predicted octanol–water partition coefficient (Wildman–Crippen LogP) is 2.72. The third kappa shape index (κ3) is 7.97. The fourth-order valence-electron chi connectivity index (χ4n) is 1.79. The highest BCUT2D eigenvalue weighted by Gasteiger charge is 2.15. The van der Waals surface area contributed by atoms with Crippen LogP contribution in [-0.4, -0.2) is 29.3 Å². The number of rotatable bonds is 3. The fraction of sp³-hybridized carbons (Fsp3) is 0.909. The van der Waals surface area contributed by atoms with Crippen molar-refractivity contribution in [2.45, 2.75) is 66.6 Å². The average molecular weight is 187 g/mol. The first kappa shape index (κ1) is 15.1. The smallest absolute Gasteiger partial charge is 0.116 e. The van der Waals surface area contributed by atoms with E-state index in [4.69, 9.17) is 4.79 Å². The lowest BCUT2D eigenvalue weighted by Crippen LogP contribution is -2.42. The second-order valence-corrected chi connectivity index (χ2v) is 3.96. The van der Waals surface area contributed by atoms with Crippen LogP contribution >= 0.6 is 0 Å². The summed E-state index contributed by atoms with van der Waals surface area (Å²) in [6, 6.07) is 2.00. The van der Waals surface area contributed by atoms with Crippen molar-refractivity contribution in [2.24, 2.45) is 0 Å². The van der Waals surface area contributed by atoms with Crippen LogP contribution < -0.4 is 0 Å². The molecule has 0 fully saturated rings. The largest absolute Gasteiger partial charge is 0.304 e. The zero-order valence-electron chi connectivity index (χ0n) is 10.2. The van der Waals surface area contributed by atoms with Crippen LogP contribution in [0.25, 0.3) is 0 Å². The molecule has 0 bridgehead atoms. The lowest BCUT2D eigenvalue weighted by Gasteiger charge is -2.34. The average Bonchev–Trinajstić information content (AvgIpc) is 1.84. The Kier molecular flexibility index (Phi) is 9.58. The van der Waals surface area contributed by atoms with E-state index in [9.17, 15) is 0 Å². The van der Waals surface area contributed by atoms with Crippen molar-refractivity contribution >= 4 is 6.29 Å². The maximum absolute atomic E-state index is 8.81. The Morgan fingerprint density at radius 1 is 0.846 bits per heavy atom. The first-order chi connectivity index (χ1) is 5.88. The van der Waals surface area contributed by atoms with Gasteiger partial charge in [-0.05, 0) is 48.5 Å². The summed E-state index contributed by atoms with van der Waals surface area (Å²) in [5.41, 5.74) is 0. The summed E-state index contributed by atoms with van der Waals surface area (Å²) in [5.74, 6) is 0. The van der Waals surface area contributed by atoms with E-state index in [1.165, 1.54) is 6.92 Å². The number of carbonyl (C=O) groups excluding carboxylic acids is 1. The summed E-state index contributed by atoms with van der Waals surface area (Å²) < 4.78 is 0. The van der Waals surface area contributed by atoms with Gasteiger partial charge in [-0.15, -0.1) is 0 Å². The van der Waals surface area contributed by atoms with E-state index in [1.807, 2.05) is 0 Å². The Morgan fingerprint density at radius 3 is 1.00 bits per heavy atom. The molecule has 0 saturated carbocycles. The fourth-order valence-corrected chi connectivity index (χ4v) is 1.79. The molecule has 0 aromatic carbocycles. The predicted molar refractivity (Wildman–Crippen MR) is 59.0 cm³/mol. The second-order valence-electron chi connectivity index (χ2n) is 3.96. The summed E-state index contributed by atoms with van der Waals surface area (Å²) in [6.45, 7) is 14.9. The molecule has 0 atom stereocenters. The molecule has 0 rings (SSSR count). The van der Waals surface area contributed by atoms with Crippen molar-refractivity contribution in [1.29, 1.82) is 0 Å². The van der Waals surface area contributed by atoms with Crippen molar-refractivity contribution < 1.29 is 4.79 Å². The first-order valence-corrected chi connectivity index (χ1v) is 5.05. The van der Waals surface area contributed by atoms with E-state index in [-0.39, 0.29) is 0 Å². The van der Waals surface area contributed by atoms with Crippen LogP contribution in [0.3, 0.4) is 0 Å². The Hall–Kier alpha value is -0.370. The Balaban J connectivity index is 0. The molecule has 0 aliphatic heterocycles. The van der Waals surface area contributed by atoms with Gasteiger partial charge in [0.05, 0.1) is 0 Å². The van der Waals surface area contributed by atoms with E-state index in [0.29, 0.717) is 18.1 Å². The molecule has 80 valence electrons. The van der Waals surface area contributed by atoms with Crippen LogP contribution in [-0.2, 0) is 4.79 Å². The van der Waals surface area contributed by atoms with Crippen molar-refractivity contribution in [3.63, 3.8) is 0 Å². The molecule has 2 heteroatoms. The van der Waals surface area contributed by atoms with Crippen LogP contribution in [0.4, 0.5) is 0 Å². The summed E-state index contributed by atoms with van der Waals surface area (Å²) in [4.78, 5) is 11.3. The molecular weight excluding hydrogens is 162 g/mol. The summed E-state index contributed by atoms with van der Waals surface area (Å²) in [6.07, 6.45) is 0.750. The Bertz CT molecular complexity index is 100. The lowest BCUT2D eigenvalue weighted by molar-refractivity contribution is -0.106. The molecule has 0 heterocycles. The maximum Gasteiger partial charge on any atom is 0.116 e. The molecule has 0 unspecified atom stereocenters. The SMILES string of the molecule is CC(C)N(C(C)C)C(C)C.CC=O. The van der Waals surface area contributed by atoms with Gasteiger partial charge in [-0.1, -0.05) is 0 Å². The van der Waals surface area contributed by atoms with Crippen molar-refractivity contribution in [1.82, 2.24) is 4.90 Å². The molecule has 0 spiro atoms. The van der Waals surface area contributed by atoms with Gasteiger partial charge in [0.15, 0.2) is 0 Å². The van der Waals surface area contributed by atoms with Crippen molar-refractivity contribution in [2.75, 3.05) is 0 Å². The maximum atomic E-state index is 8.81. The Morgan fingerprint density at radius 2 is 1.00 bits per heavy atom. The minimum Gasteiger partial charge on any atom is -0.304 e. The quantitative estimate of drug-likeness (QED) is 0.633. The van der Waals surface area contributed by atoms with E-state index in [1.54, 1.807) is 0 Å². The molecular formula is C11H25NO. The number of nitrogens with zero attached hydrogens (tertiary/aromatic N) is 1. The minimum absolute atomic E-state index is 0.667. The molecule has 0 aliphatic carbocycles. The highest BCUT2D eigenvalue weighted by Crippen LogP contribution is 2.08. The third-order valence-electron chi connectivity index (χ3n) is 1.79. The van der Waals surface area contributed by atoms with Crippen LogP contribution in [0.5, 0.6) is 0 Å². The van der Waals surface area contributed by atoms with Crippen molar-refractivity contribution in [3.8, 4) is 0 Å². The van der Waals surface area contributed by atoms with E-state index in [0.717, 1.165) is 6.29 Å². The van der Waals surface area contributed by atoms with E-state index in [2.05, 4.69) is 46.4 Å². The van der Waals surface area contributed by atoms with Gasteiger partial charge in [0, 0.05) is 18.1 Å². The minimum atomic E-state index is 0.667. The molecule has 0 saturated heterocycles. The van der Waals surface area contributed by atoms with Crippen LogP contribution in [0.1, 0.15) is 48.5 Å². The van der Waals surface area contributed by atoms with Gasteiger partial charge in [0.2, 0.25) is 0 Å². The van der Waals surface area contributed by atoms with Gasteiger partial charge in [-0.3, -0.25) is 4.90 Å². The zero-order chi connectivity index (χ0) is 11.0. The molecule has 0 radical (unpaired) electrons. The zero-order valence-corrected chi connectivity index (χ0v) is 10.2. The summed E-state index contributed by atoms with van der Waals surface area (Å²) in [5, 5.41) is 0. The monoisotopic (exact) mass is 187 g/mol. The van der Waals surface area contributed by atoms with E-state index >= 15 is 0 Å². The number of aldehydes is 1. The second kappa shape index (κ2) is 8.24.